The van der Waals surface area contributed by atoms with Crippen LogP contribution in [-0.4, -0.2) is 115 Å². The van der Waals surface area contributed by atoms with Gasteiger partial charge in [0.2, 0.25) is 10.0 Å². The molecule has 2 unspecified atom stereocenters. The second kappa shape index (κ2) is 35.2. The highest BCUT2D eigenvalue weighted by molar-refractivity contribution is 7.88. The first-order valence-corrected chi connectivity index (χ1v) is 43.3. The van der Waals surface area contributed by atoms with Crippen LogP contribution in [-0.2, 0) is 93.3 Å². The van der Waals surface area contributed by atoms with Gasteiger partial charge in [0, 0.05) is 136 Å². The van der Waals surface area contributed by atoms with Crippen molar-refractivity contribution in [1.82, 2.24) is 28.9 Å². The van der Waals surface area contributed by atoms with Crippen molar-refractivity contribution in [1.29, 1.82) is 0 Å². The minimum atomic E-state index is -5.43. The molecule has 3 saturated carbocycles. The molecule has 3 aromatic heterocycles. The van der Waals surface area contributed by atoms with Crippen LogP contribution in [0.3, 0.4) is 0 Å². The van der Waals surface area contributed by atoms with Crippen molar-refractivity contribution in [3.8, 4) is 34.0 Å². The predicted octanol–water partition coefficient (Wildman–Crippen LogP) is 14.8. The van der Waals surface area contributed by atoms with E-state index in [0.717, 1.165) is 49.5 Å². The number of carbonyl (C=O) groups excluding carboxylic acids is 3. The van der Waals surface area contributed by atoms with Gasteiger partial charge in [-0.1, -0.05) is 71.2 Å². The van der Waals surface area contributed by atoms with E-state index in [1.54, 1.807) is 109 Å². The van der Waals surface area contributed by atoms with Crippen molar-refractivity contribution < 1.29 is 104 Å². The number of halogens is 10. The molecule has 0 spiro atoms. The number of amides is 3. The molecule has 3 fully saturated rings. The number of sulfonamides is 1. The highest BCUT2D eigenvalue weighted by Crippen LogP contribution is 2.50. The zero-order valence-electron chi connectivity index (χ0n) is 65.0. The second-order valence-electron chi connectivity index (χ2n) is 30.2. The molecule has 122 heavy (non-hydrogen) atoms. The minimum absolute atomic E-state index is 0.0723. The Morgan fingerprint density at radius 3 is 1.07 bits per heavy atom. The van der Waals surface area contributed by atoms with Gasteiger partial charge in [0.15, 0.2) is 0 Å². The van der Waals surface area contributed by atoms with Crippen molar-refractivity contribution in [3.63, 3.8) is 0 Å². The lowest BCUT2D eigenvalue weighted by Gasteiger charge is -2.27. The Bertz CT molecular complexity index is 6030. The van der Waals surface area contributed by atoms with Crippen LogP contribution in [0.5, 0.6) is 0 Å². The molecule has 632 valence electrons. The Morgan fingerprint density at radius 1 is 0.475 bits per heavy atom. The standard InChI is InChI=1S/C84H73B3Cl3F7N6O16S3/c1-98-80(104)74-62-35-59(47-8-9-47)53(32-71(62)115-77(74)50-14-20-56(88)21-15-50)41-101(120(109)110)38-44-5-26-67(65(29-44)83(92,93)94)85(107)118-87(69-28-7-46(31-70(69)91)40-103(122(4,113)114)43-55-34-73-64(37-61(55)49-12-13-49)76(82(106)100-3)79(117-73)52-18-24-58(90)25-19-52)119-86(108)68-27-6-45(30-66(68)84(95,96)97)39-102(121(111)112)42-54-33-72-63(36-60(54)48-10-11-48)75(81(105)99-2)78(116-72)51-16-22-57(89)23-17-51/h5-7,14-37,47-49,107-108H,8-13,38-43H2,1-4H3,(H,98,104)(H,99,105)(H,100,106)(H,109,110)(H,111,112)/p-2. The van der Waals surface area contributed by atoms with E-state index in [2.05, 4.69) is 16.0 Å². The number of rotatable bonds is 31. The summed E-state index contributed by atoms with van der Waals surface area (Å²) in [7, 11) is -8.44. The highest BCUT2D eigenvalue weighted by Gasteiger charge is 2.45. The molecule has 3 aliphatic rings. The fourth-order valence-electron chi connectivity index (χ4n) is 15.3. The van der Waals surface area contributed by atoms with Crippen LogP contribution in [0.1, 0.15) is 149 Å². The normalized spacial score (nSPS) is 14.5. The second-order valence-corrected chi connectivity index (χ2v) is 35.4. The third-order valence-corrected chi connectivity index (χ3v) is 25.1. The molecule has 2 atom stereocenters. The number of nitrogens with one attached hydrogen (secondary N) is 3. The fraction of sp³-hybridized carbons (Fsp3) is 0.250. The van der Waals surface area contributed by atoms with Crippen LogP contribution in [0.15, 0.2) is 177 Å². The fourth-order valence-corrected chi connectivity index (χ4v) is 17.5. The quantitative estimate of drug-likeness (QED) is 0.0153. The van der Waals surface area contributed by atoms with Crippen molar-refractivity contribution in [2.45, 2.75) is 108 Å². The van der Waals surface area contributed by atoms with Gasteiger partial charge in [-0.2, -0.15) is 30.6 Å². The summed E-state index contributed by atoms with van der Waals surface area (Å²) in [5.74, 6) is -2.59. The highest BCUT2D eigenvalue weighted by atomic mass is 35.5. The van der Waals surface area contributed by atoms with Crippen LogP contribution >= 0.6 is 34.8 Å². The molecule has 0 saturated heterocycles. The summed E-state index contributed by atoms with van der Waals surface area (Å²) in [6.07, 6.45) is -5.82. The van der Waals surface area contributed by atoms with Crippen molar-refractivity contribution >= 4 is 156 Å². The molecule has 12 aromatic rings. The molecule has 0 bridgehead atoms. The summed E-state index contributed by atoms with van der Waals surface area (Å²) < 4.78 is 226. The Hall–Kier alpha value is -9.53. The summed E-state index contributed by atoms with van der Waals surface area (Å²) >= 11 is 12.3. The molecular formula is C84H71B3Cl3F7N6O16S3-2. The maximum absolute atomic E-state index is 17.5. The zero-order valence-corrected chi connectivity index (χ0v) is 69.7. The lowest BCUT2D eigenvalue weighted by Crippen LogP contribution is -2.54. The summed E-state index contributed by atoms with van der Waals surface area (Å²) in [5, 5.41) is 34.5. The molecule has 9 aromatic carbocycles. The number of carbonyl (C=O) groups is 3. The Kier molecular flexibility index (Phi) is 25.2. The molecule has 3 heterocycles. The average Bonchev–Trinajstić information content (AvgIpc) is 1.60. The summed E-state index contributed by atoms with van der Waals surface area (Å²) in [5.41, 5.74) is -1.33. The van der Waals surface area contributed by atoms with Crippen LogP contribution in [0, 0.1) is 5.82 Å². The van der Waals surface area contributed by atoms with E-state index < -0.39 is 150 Å². The molecule has 3 aliphatic carbocycles. The zero-order chi connectivity index (χ0) is 86.9. The molecular weight excluding hydrogens is 1720 g/mol. The number of nitrogens with zero attached hydrogens (tertiary/aromatic N) is 3. The number of hydrogen-bond donors (Lipinski definition) is 5. The topological polar surface area (TPSA) is 310 Å². The predicted molar refractivity (Wildman–Crippen MR) is 449 cm³/mol. The van der Waals surface area contributed by atoms with Gasteiger partial charge in [-0.05, 0) is 245 Å². The summed E-state index contributed by atoms with van der Waals surface area (Å²) in [6.45, 7) is -3.29. The van der Waals surface area contributed by atoms with E-state index >= 15 is 30.7 Å². The van der Waals surface area contributed by atoms with E-state index in [0.29, 0.717) is 144 Å². The molecule has 38 heteroatoms. The van der Waals surface area contributed by atoms with Gasteiger partial charge in [-0.15, -0.1) is 0 Å². The van der Waals surface area contributed by atoms with Crippen LogP contribution in [0.2, 0.25) is 15.1 Å². The number of alkyl halides is 6. The molecule has 0 radical (unpaired) electrons. The maximum atomic E-state index is 17.5. The van der Waals surface area contributed by atoms with Crippen LogP contribution in [0.25, 0.3) is 66.9 Å². The first-order valence-electron chi connectivity index (χ1n) is 38.2. The maximum Gasteiger partial charge on any atom is 0.478 e. The molecule has 15 rings (SSSR count). The first kappa shape index (κ1) is 87.4. The SMILES string of the molecule is CNC(=O)c1c(-c2ccc(Cl)cc2)oc2cc(CN(Cc3ccc(B(O)OB(OB(O)c4ccc(CN(Cc5cc6oc(-c7ccc(Cl)cc7)c(C(=O)NC)c6cc5C5CC5)S(=O)[O-])cc4C(F)(F)F)c4ccc(CN(Cc5cc6oc(-c7ccc(Cl)cc7)c(C(=O)NC)c6cc5C5CC5)S(C)(=O)=O)cc4F)c(C(F)(F)F)c3)S(=O)[O-])c(C3CC3)cc12. The summed E-state index contributed by atoms with van der Waals surface area (Å²) in [4.78, 5) is 40.6. The Labute approximate surface area is 715 Å². The molecule has 0 aliphatic heterocycles. The number of furan rings is 3. The van der Waals surface area contributed by atoms with Gasteiger partial charge >= 0.3 is 33.7 Å². The van der Waals surface area contributed by atoms with E-state index in [1.807, 2.05) is 0 Å². The van der Waals surface area contributed by atoms with E-state index in [4.69, 9.17) is 57.2 Å². The van der Waals surface area contributed by atoms with E-state index in [9.17, 15) is 50.4 Å². The van der Waals surface area contributed by atoms with Crippen LogP contribution in [0.4, 0.5) is 30.7 Å². The van der Waals surface area contributed by atoms with E-state index in [1.165, 1.54) is 21.1 Å². The Balaban J connectivity index is 0.751. The van der Waals surface area contributed by atoms with Gasteiger partial charge in [0.25, 0.3) is 17.7 Å². The third-order valence-electron chi connectivity index (χ3n) is 21.8. The minimum Gasteiger partial charge on any atom is -0.760 e. The van der Waals surface area contributed by atoms with Crippen molar-refractivity contribution in [2.24, 2.45) is 0 Å². The van der Waals surface area contributed by atoms with Gasteiger partial charge in [0.1, 0.15) is 39.8 Å². The van der Waals surface area contributed by atoms with Gasteiger partial charge in [-0.25, -0.2) is 21.4 Å². The average molecular weight is 1790 g/mol. The van der Waals surface area contributed by atoms with Gasteiger partial charge in [0.05, 0.1) is 34.1 Å². The van der Waals surface area contributed by atoms with Crippen molar-refractivity contribution in [3.05, 3.63) is 263 Å². The molecule has 22 nitrogen and oxygen atoms in total. The molecule has 5 N–H and O–H groups in total. The lowest BCUT2D eigenvalue weighted by molar-refractivity contribution is -0.137. The number of hydrogen-bond acceptors (Lipinski definition) is 16. The third kappa shape index (κ3) is 18.9. The number of benzene rings is 9. The number of fused-ring (bicyclic) bond motifs is 3. The first-order chi connectivity index (χ1) is 58.0. The van der Waals surface area contributed by atoms with E-state index in [-0.39, 0.29) is 91.7 Å². The van der Waals surface area contributed by atoms with Crippen LogP contribution < -0.4 is 32.3 Å². The molecule has 3 amide bonds. The largest absolute Gasteiger partial charge is 0.760 e. The lowest BCUT2D eigenvalue weighted by atomic mass is 9.65. The monoisotopic (exact) mass is 1790 g/mol. The van der Waals surface area contributed by atoms with Gasteiger partial charge < -0.3 is 57.5 Å². The van der Waals surface area contributed by atoms with Crippen molar-refractivity contribution in [2.75, 3.05) is 27.4 Å². The smallest absolute Gasteiger partial charge is 0.478 e. The Morgan fingerprint density at radius 2 is 0.787 bits per heavy atom. The van der Waals surface area contributed by atoms with Gasteiger partial charge in [-0.3, -0.25) is 22.8 Å². The summed E-state index contributed by atoms with van der Waals surface area (Å²) in [6, 6.07) is 36.7.